The Labute approximate surface area is 249 Å². The number of carbonyl (C=O) groups excluding carboxylic acids is 2. The summed E-state index contributed by atoms with van der Waals surface area (Å²) in [6.07, 6.45) is -0.706. The third kappa shape index (κ3) is 7.90. The van der Waals surface area contributed by atoms with Crippen molar-refractivity contribution in [3.63, 3.8) is 0 Å². The second-order valence-corrected chi connectivity index (χ2v) is 14.3. The van der Waals surface area contributed by atoms with Gasteiger partial charge < -0.3 is 15.0 Å². The van der Waals surface area contributed by atoms with E-state index in [4.69, 9.17) is 0 Å². The lowest BCUT2D eigenvalue weighted by Crippen LogP contribution is -2.52. The SMILES string of the molecule is COC(=O)Nc1nc(C)c(S(=O)(=O)N2CCN(C[C@H](C)NC(=O)c3cc(-c4cccc(CN(C)C)c4)cs3)CC2)s1. The molecule has 14 heteroatoms. The lowest BCUT2D eigenvalue weighted by molar-refractivity contribution is 0.0926. The first-order valence-corrected chi connectivity index (χ1v) is 16.3. The average molecular weight is 621 g/mol. The number of hydrogen-bond donors (Lipinski definition) is 2. The maximum atomic E-state index is 13.3. The van der Waals surface area contributed by atoms with Gasteiger partial charge in [-0.2, -0.15) is 4.31 Å². The molecule has 2 aromatic heterocycles. The quantitative estimate of drug-likeness (QED) is 0.353. The lowest BCUT2D eigenvalue weighted by Gasteiger charge is -2.35. The van der Waals surface area contributed by atoms with Gasteiger partial charge in [0.25, 0.3) is 15.9 Å². The van der Waals surface area contributed by atoms with Gasteiger partial charge in [0, 0.05) is 45.3 Å². The van der Waals surface area contributed by atoms with Crippen LogP contribution < -0.4 is 10.6 Å². The molecule has 2 N–H and O–H groups in total. The minimum atomic E-state index is -3.75. The van der Waals surface area contributed by atoms with Crippen LogP contribution in [0.15, 0.2) is 39.9 Å². The molecule has 0 spiro atoms. The molecule has 1 aromatic carbocycles. The summed E-state index contributed by atoms with van der Waals surface area (Å²) < 4.78 is 32.6. The van der Waals surface area contributed by atoms with Crippen molar-refractivity contribution in [2.24, 2.45) is 0 Å². The number of nitrogens with one attached hydrogen (secondary N) is 2. The van der Waals surface area contributed by atoms with Gasteiger partial charge in [-0.3, -0.25) is 15.0 Å². The van der Waals surface area contributed by atoms with E-state index in [1.165, 1.54) is 28.3 Å². The van der Waals surface area contributed by atoms with Crippen molar-refractivity contribution < 1.29 is 22.7 Å². The van der Waals surface area contributed by atoms with Crippen LogP contribution in [-0.4, -0.2) is 99.5 Å². The maximum absolute atomic E-state index is 13.3. The van der Waals surface area contributed by atoms with Crippen molar-refractivity contribution in [2.75, 3.05) is 59.2 Å². The number of sulfonamides is 1. The Morgan fingerprint density at radius 1 is 1.15 bits per heavy atom. The van der Waals surface area contributed by atoms with Crippen LogP contribution in [0.4, 0.5) is 9.93 Å². The third-order valence-corrected chi connectivity index (χ3v) is 11.0. The van der Waals surface area contributed by atoms with Crippen molar-refractivity contribution in [2.45, 2.75) is 30.6 Å². The molecule has 0 bridgehead atoms. The van der Waals surface area contributed by atoms with Gasteiger partial charge in [0.15, 0.2) is 9.34 Å². The first-order chi connectivity index (χ1) is 19.5. The van der Waals surface area contributed by atoms with E-state index in [0.717, 1.165) is 29.0 Å². The molecule has 1 aliphatic rings. The van der Waals surface area contributed by atoms with E-state index in [1.807, 2.05) is 38.5 Å². The van der Waals surface area contributed by atoms with E-state index in [0.29, 0.717) is 43.3 Å². The minimum absolute atomic E-state index is 0.109. The fourth-order valence-electron chi connectivity index (χ4n) is 4.63. The average Bonchev–Trinajstić information content (AvgIpc) is 3.56. The van der Waals surface area contributed by atoms with Crippen molar-refractivity contribution in [3.05, 3.63) is 51.8 Å². The number of thiophene rings is 1. The van der Waals surface area contributed by atoms with Gasteiger partial charge in [-0.05, 0) is 62.1 Å². The highest BCUT2D eigenvalue weighted by molar-refractivity contribution is 7.91. The van der Waals surface area contributed by atoms with Crippen molar-refractivity contribution >= 4 is 49.8 Å². The summed E-state index contributed by atoms with van der Waals surface area (Å²) in [5.74, 6) is -0.114. The van der Waals surface area contributed by atoms with Crippen LogP contribution in [0, 0.1) is 6.92 Å². The van der Waals surface area contributed by atoms with E-state index in [2.05, 4.69) is 48.4 Å². The summed E-state index contributed by atoms with van der Waals surface area (Å²) in [4.78, 5) is 33.5. The predicted molar refractivity (Wildman–Crippen MR) is 162 cm³/mol. The van der Waals surface area contributed by atoms with Crippen LogP contribution in [0.2, 0.25) is 0 Å². The summed E-state index contributed by atoms with van der Waals surface area (Å²) in [6, 6.07) is 10.2. The van der Waals surface area contributed by atoms with Gasteiger partial charge in [0.05, 0.1) is 17.7 Å². The van der Waals surface area contributed by atoms with Crippen LogP contribution in [0.1, 0.15) is 27.9 Å². The third-order valence-electron chi connectivity index (χ3n) is 6.55. The zero-order valence-electron chi connectivity index (χ0n) is 23.8. The summed E-state index contributed by atoms with van der Waals surface area (Å²) in [7, 11) is 1.55. The normalized spacial score (nSPS) is 15.6. The Kier molecular flexibility index (Phi) is 10.2. The molecule has 0 radical (unpaired) electrons. The van der Waals surface area contributed by atoms with Gasteiger partial charge in [-0.25, -0.2) is 18.2 Å². The summed E-state index contributed by atoms with van der Waals surface area (Å²) in [5.41, 5.74) is 3.66. The van der Waals surface area contributed by atoms with Crippen molar-refractivity contribution in [3.8, 4) is 11.1 Å². The number of anilines is 1. The second-order valence-electron chi connectivity index (χ2n) is 10.2. The Morgan fingerprint density at radius 2 is 1.88 bits per heavy atom. The largest absolute Gasteiger partial charge is 0.453 e. The van der Waals surface area contributed by atoms with E-state index >= 15 is 0 Å². The molecule has 3 aromatic rings. The predicted octanol–water partition coefficient (Wildman–Crippen LogP) is 3.54. The fraction of sp³-hybridized carbons (Fsp3) is 0.444. The topological polar surface area (TPSA) is 124 Å². The second kappa shape index (κ2) is 13.4. The Bertz CT molecular complexity index is 1480. The van der Waals surface area contributed by atoms with Crippen LogP contribution in [0.5, 0.6) is 0 Å². The minimum Gasteiger partial charge on any atom is -0.453 e. The number of hydrogen-bond acceptors (Lipinski definition) is 10. The number of amides is 2. The van der Waals surface area contributed by atoms with E-state index < -0.39 is 16.1 Å². The summed E-state index contributed by atoms with van der Waals surface area (Å²) >= 11 is 2.33. The van der Waals surface area contributed by atoms with Crippen LogP contribution in [0.3, 0.4) is 0 Å². The van der Waals surface area contributed by atoms with E-state index in [-0.39, 0.29) is 21.3 Å². The van der Waals surface area contributed by atoms with Crippen molar-refractivity contribution in [1.82, 2.24) is 24.4 Å². The van der Waals surface area contributed by atoms with Crippen LogP contribution in [0.25, 0.3) is 11.1 Å². The number of aromatic nitrogens is 1. The number of carbonyl (C=O) groups is 2. The molecular weight excluding hydrogens is 585 g/mol. The molecule has 0 aliphatic carbocycles. The summed E-state index contributed by atoms with van der Waals surface area (Å²) in [5, 5.41) is 7.69. The Morgan fingerprint density at radius 3 is 2.56 bits per heavy atom. The van der Waals surface area contributed by atoms with Crippen molar-refractivity contribution in [1.29, 1.82) is 0 Å². The highest BCUT2D eigenvalue weighted by Crippen LogP contribution is 2.30. The molecule has 11 nitrogen and oxygen atoms in total. The molecule has 3 heterocycles. The molecule has 1 saturated heterocycles. The number of methoxy groups -OCH3 is 1. The van der Waals surface area contributed by atoms with Gasteiger partial charge in [-0.15, -0.1) is 11.3 Å². The molecular formula is C27H36N6O5S3. The number of aryl methyl sites for hydroxylation is 1. The number of ether oxygens (including phenoxy) is 1. The highest BCUT2D eigenvalue weighted by atomic mass is 32.2. The van der Waals surface area contributed by atoms with Crippen LogP contribution in [-0.2, 0) is 21.3 Å². The molecule has 4 rings (SSSR count). The molecule has 222 valence electrons. The Balaban J connectivity index is 1.29. The number of nitrogens with zero attached hydrogens (tertiary/aromatic N) is 4. The number of thiazole rings is 1. The molecule has 41 heavy (non-hydrogen) atoms. The zero-order valence-corrected chi connectivity index (χ0v) is 26.3. The smallest absolute Gasteiger partial charge is 0.413 e. The molecule has 1 fully saturated rings. The van der Waals surface area contributed by atoms with E-state index in [1.54, 1.807) is 6.92 Å². The Hall–Kier alpha value is -2.88. The fourth-order valence-corrected chi connectivity index (χ4v) is 8.41. The van der Waals surface area contributed by atoms with E-state index in [9.17, 15) is 18.0 Å². The molecule has 1 aliphatic heterocycles. The van der Waals surface area contributed by atoms with Gasteiger partial charge >= 0.3 is 6.09 Å². The molecule has 1 atom stereocenters. The zero-order chi connectivity index (χ0) is 29.7. The van der Waals surface area contributed by atoms with Gasteiger partial charge in [-0.1, -0.05) is 29.5 Å². The molecule has 2 amide bonds. The van der Waals surface area contributed by atoms with Gasteiger partial charge in [0.1, 0.15) is 0 Å². The summed E-state index contributed by atoms with van der Waals surface area (Å²) in [6.45, 7) is 6.74. The maximum Gasteiger partial charge on any atom is 0.413 e. The number of rotatable bonds is 10. The first kappa shape index (κ1) is 31.1. The lowest BCUT2D eigenvalue weighted by atomic mass is 10.1. The number of benzene rings is 1. The standard InChI is InChI=1S/C27H36N6O5S3/c1-18(28-24(34)23-14-22(17-39-23)21-8-6-7-20(13-21)16-31(3)4)15-32-9-11-33(12-10-32)41(36,37)25-19(2)29-26(40-25)30-27(35)38-5/h6-8,13-14,17-18H,9-12,15-16H2,1-5H3,(H,28,34)(H,29,30,35)/t18-/m0/s1. The monoisotopic (exact) mass is 620 g/mol. The molecule has 0 saturated carbocycles. The van der Waals surface area contributed by atoms with Gasteiger partial charge in [0.2, 0.25) is 0 Å². The highest BCUT2D eigenvalue weighted by Gasteiger charge is 2.32. The van der Waals surface area contributed by atoms with Crippen LogP contribution >= 0.6 is 22.7 Å². The molecule has 0 unspecified atom stereocenters. The first-order valence-electron chi connectivity index (χ1n) is 13.1. The number of piperazine rings is 1.